The Morgan fingerprint density at radius 1 is 1.14 bits per heavy atom. The van der Waals surface area contributed by atoms with Crippen LogP contribution < -0.4 is 15.5 Å². The first-order chi connectivity index (χ1) is 14.0. The molecule has 3 rings (SSSR count). The lowest BCUT2D eigenvalue weighted by Gasteiger charge is -2.34. The summed E-state index contributed by atoms with van der Waals surface area (Å²) in [5.74, 6) is 0.943. The van der Waals surface area contributed by atoms with Gasteiger partial charge in [0.05, 0.1) is 0 Å². The van der Waals surface area contributed by atoms with E-state index in [2.05, 4.69) is 49.6 Å². The summed E-state index contributed by atoms with van der Waals surface area (Å²) in [6, 6.07) is 9.98. The average Bonchev–Trinajstić information content (AvgIpc) is 2.72. The Balaban J connectivity index is 1.62. The number of carbonyl (C=O) groups is 1. The maximum Gasteiger partial charge on any atom is 0.270 e. The number of hydrogen-bond acceptors (Lipinski definition) is 7. The molecule has 1 aliphatic heterocycles. The van der Waals surface area contributed by atoms with Gasteiger partial charge in [0.2, 0.25) is 0 Å². The van der Waals surface area contributed by atoms with Crippen LogP contribution in [0.5, 0.6) is 0 Å². The highest BCUT2D eigenvalue weighted by atomic mass is 16.5. The van der Waals surface area contributed by atoms with E-state index in [1.54, 1.807) is 20.1 Å². The maximum atomic E-state index is 12.3. The predicted octanol–water partition coefficient (Wildman–Crippen LogP) is 2.05. The summed E-state index contributed by atoms with van der Waals surface area (Å²) < 4.78 is 4.99. The van der Waals surface area contributed by atoms with Crippen LogP contribution in [-0.4, -0.2) is 74.3 Å². The van der Waals surface area contributed by atoms with Crippen LogP contribution in [-0.2, 0) is 4.74 Å². The number of rotatable bonds is 8. The number of methoxy groups -OCH3 is 1. The van der Waals surface area contributed by atoms with Crippen molar-refractivity contribution in [3.05, 3.63) is 41.9 Å². The minimum Gasteiger partial charge on any atom is -0.385 e. The number of aryl methyl sites for hydroxylation is 1. The summed E-state index contributed by atoms with van der Waals surface area (Å²) >= 11 is 0. The van der Waals surface area contributed by atoms with Crippen molar-refractivity contribution >= 4 is 23.1 Å². The summed E-state index contributed by atoms with van der Waals surface area (Å²) in [4.78, 5) is 25.7. The van der Waals surface area contributed by atoms with Gasteiger partial charge in [0, 0.05) is 63.9 Å². The SMILES string of the molecule is COCCCNC(=O)c1cc(Nc2ccc(N3CCN(C)CC3)cc2)nc(C)n1. The molecule has 0 radical (unpaired) electrons. The van der Waals surface area contributed by atoms with Crippen molar-refractivity contribution in [1.82, 2.24) is 20.2 Å². The number of likely N-dealkylation sites (N-methyl/N-ethyl adjacent to an activating group) is 1. The van der Waals surface area contributed by atoms with Gasteiger partial charge in [-0.25, -0.2) is 9.97 Å². The number of amides is 1. The number of aromatic nitrogens is 2. The van der Waals surface area contributed by atoms with Crippen LogP contribution >= 0.6 is 0 Å². The summed E-state index contributed by atoms with van der Waals surface area (Å²) in [7, 11) is 3.80. The van der Waals surface area contributed by atoms with Crippen LogP contribution in [0.15, 0.2) is 30.3 Å². The van der Waals surface area contributed by atoms with E-state index >= 15 is 0 Å². The van der Waals surface area contributed by atoms with Crippen LogP contribution in [0.2, 0.25) is 0 Å². The molecule has 1 fully saturated rings. The molecule has 1 saturated heterocycles. The van der Waals surface area contributed by atoms with Crippen molar-refractivity contribution in [3.8, 4) is 0 Å². The highest BCUT2D eigenvalue weighted by molar-refractivity contribution is 5.93. The van der Waals surface area contributed by atoms with Crippen molar-refractivity contribution in [2.24, 2.45) is 0 Å². The van der Waals surface area contributed by atoms with Crippen LogP contribution in [0.4, 0.5) is 17.2 Å². The zero-order valence-corrected chi connectivity index (χ0v) is 17.4. The second kappa shape index (κ2) is 10.2. The molecular formula is C21H30N6O2. The van der Waals surface area contributed by atoms with Gasteiger partial charge in [0.15, 0.2) is 0 Å². The Labute approximate surface area is 172 Å². The molecule has 0 spiro atoms. The van der Waals surface area contributed by atoms with E-state index in [1.807, 2.05) is 12.1 Å². The quantitative estimate of drug-likeness (QED) is 0.659. The van der Waals surface area contributed by atoms with Gasteiger partial charge in [-0.05, 0) is 44.7 Å². The van der Waals surface area contributed by atoms with Gasteiger partial charge < -0.3 is 25.2 Å². The third-order valence-electron chi connectivity index (χ3n) is 4.89. The fourth-order valence-electron chi connectivity index (χ4n) is 3.23. The normalized spacial score (nSPS) is 14.7. The minimum absolute atomic E-state index is 0.208. The number of benzene rings is 1. The van der Waals surface area contributed by atoms with E-state index in [0.29, 0.717) is 30.5 Å². The Kier molecular flexibility index (Phi) is 7.37. The smallest absolute Gasteiger partial charge is 0.270 e. The standard InChI is InChI=1S/C21H30N6O2/c1-16-23-19(21(28)22-9-4-14-29-3)15-20(24-16)25-17-5-7-18(8-6-17)27-12-10-26(2)11-13-27/h5-8,15H,4,9-14H2,1-3H3,(H,22,28)(H,23,24,25). The molecule has 29 heavy (non-hydrogen) atoms. The van der Waals surface area contributed by atoms with Gasteiger partial charge in [-0.3, -0.25) is 4.79 Å². The molecule has 1 aliphatic rings. The zero-order valence-electron chi connectivity index (χ0n) is 17.4. The van der Waals surface area contributed by atoms with E-state index in [1.165, 1.54) is 5.69 Å². The molecule has 2 heterocycles. The molecule has 0 atom stereocenters. The number of piperazine rings is 1. The molecule has 1 aromatic heterocycles. The van der Waals surface area contributed by atoms with Crippen molar-refractivity contribution in [2.75, 3.05) is 63.7 Å². The molecule has 0 bridgehead atoms. The molecule has 8 heteroatoms. The second-order valence-electron chi connectivity index (χ2n) is 7.25. The Hall–Kier alpha value is -2.71. The third kappa shape index (κ3) is 6.13. The molecular weight excluding hydrogens is 368 g/mol. The van der Waals surface area contributed by atoms with Crippen molar-refractivity contribution < 1.29 is 9.53 Å². The Morgan fingerprint density at radius 3 is 2.55 bits per heavy atom. The van der Waals surface area contributed by atoms with E-state index < -0.39 is 0 Å². The number of anilines is 3. The molecule has 0 unspecified atom stereocenters. The van der Waals surface area contributed by atoms with Crippen LogP contribution in [0.1, 0.15) is 22.7 Å². The lowest BCUT2D eigenvalue weighted by molar-refractivity contribution is 0.0943. The van der Waals surface area contributed by atoms with Gasteiger partial charge in [-0.2, -0.15) is 0 Å². The summed E-state index contributed by atoms with van der Waals surface area (Å²) in [6.45, 7) is 7.18. The van der Waals surface area contributed by atoms with Crippen LogP contribution in [0.25, 0.3) is 0 Å². The molecule has 0 aliphatic carbocycles. The largest absolute Gasteiger partial charge is 0.385 e. The summed E-state index contributed by atoms with van der Waals surface area (Å²) in [5.41, 5.74) is 2.50. The topological polar surface area (TPSA) is 82.6 Å². The summed E-state index contributed by atoms with van der Waals surface area (Å²) in [6.07, 6.45) is 0.761. The third-order valence-corrected chi connectivity index (χ3v) is 4.89. The zero-order chi connectivity index (χ0) is 20.6. The number of ether oxygens (including phenoxy) is 1. The molecule has 2 aromatic rings. The van der Waals surface area contributed by atoms with Crippen molar-refractivity contribution in [1.29, 1.82) is 0 Å². The molecule has 156 valence electrons. The van der Waals surface area contributed by atoms with E-state index in [9.17, 15) is 4.79 Å². The molecule has 1 aromatic carbocycles. The van der Waals surface area contributed by atoms with Crippen LogP contribution in [0, 0.1) is 6.92 Å². The van der Waals surface area contributed by atoms with E-state index in [0.717, 1.165) is 38.3 Å². The number of carbonyl (C=O) groups excluding carboxylic acids is 1. The first kappa shape index (κ1) is 21.0. The monoisotopic (exact) mass is 398 g/mol. The fraction of sp³-hybridized carbons (Fsp3) is 0.476. The van der Waals surface area contributed by atoms with Gasteiger partial charge in [-0.15, -0.1) is 0 Å². The highest BCUT2D eigenvalue weighted by Crippen LogP contribution is 2.21. The van der Waals surface area contributed by atoms with Gasteiger partial charge in [0.1, 0.15) is 17.3 Å². The van der Waals surface area contributed by atoms with Crippen molar-refractivity contribution in [2.45, 2.75) is 13.3 Å². The predicted molar refractivity (Wildman–Crippen MR) is 115 cm³/mol. The van der Waals surface area contributed by atoms with Crippen molar-refractivity contribution in [3.63, 3.8) is 0 Å². The highest BCUT2D eigenvalue weighted by Gasteiger charge is 2.14. The Bertz CT molecular complexity index is 803. The van der Waals surface area contributed by atoms with E-state index in [-0.39, 0.29) is 5.91 Å². The molecule has 0 saturated carbocycles. The lowest BCUT2D eigenvalue weighted by atomic mass is 10.2. The lowest BCUT2D eigenvalue weighted by Crippen LogP contribution is -2.44. The number of nitrogens with zero attached hydrogens (tertiary/aromatic N) is 4. The fourth-order valence-corrected chi connectivity index (χ4v) is 3.23. The number of nitrogens with one attached hydrogen (secondary N) is 2. The minimum atomic E-state index is -0.208. The van der Waals surface area contributed by atoms with Gasteiger partial charge >= 0.3 is 0 Å². The van der Waals surface area contributed by atoms with Gasteiger partial charge in [-0.1, -0.05) is 0 Å². The summed E-state index contributed by atoms with van der Waals surface area (Å²) in [5, 5.41) is 6.13. The Morgan fingerprint density at radius 2 is 1.86 bits per heavy atom. The molecule has 1 amide bonds. The number of hydrogen-bond donors (Lipinski definition) is 2. The molecule has 2 N–H and O–H groups in total. The second-order valence-corrected chi connectivity index (χ2v) is 7.25. The first-order valence-corrected chi connectivity index (χ1v) is 9.98. The first-order valence-electron chi connectivity index (χ1n) is 9.98. The van der Waals surface area contributed by atoms with Crippen LogP contribution in [0.3, 0.4) is 0 Å². The average molecular weight is 399 g/mol. The van der Waals surface area contributed by atoms with E-state index in [4.69, 9.17) is 4.74 Å². The van der Waals surface area contributed by atoms with Gasteiger partial charge in [0.25, 0.3) is 5.91 Å². The maximum absolute atomic E-state index is 12.3. The molecule has 8 nitrogen and oxygen atoms in total.